The second-order valence-corrected chi connectivity index (χ2v) is 15.9. The molecule has 3 atom stereocenters. The molecule has 1 N–H and O–H groups in total. The van der Waals surface area contributed by atoms with Crippen LogP contribution in [0.5, 0.6) is 0 Å². The molecule has 0 aliphatic carbocycles. The number of allylic oxidation sites excluding steroid dienone is 8. The molecular weight excluding hydrogens is 693 g/mol. The number of esters is 2. The van der Waals surface area contributed by atoms with Crippen molar-refractivity contribution in [2.24, 2.45) is 0 Å². The summed E-state index contributed by atoms with van der Waals surface area (Å²) in [6.07, 6.45) is 35.7. The number of aliphatic hydroxyl groups excluding tert-OH is 1. The van der Waals surface area contributed by atoms with Crippen molar-refractivity contribution in [3.05, 3.63) is 60.8 Å². The molecular formula is C42H74NO9P. The molecule has 0 aliphatic heterocycles. The Morgan fingerprint density at radius 1 is 0.698 bits per heavy atom. The van der Waals surface area contributed by atoms with E-state index >= 15 is 0 Å². The number of rotatable bonds is 35. The van der Waals surface area contributed by atoms with Crippen molar-refractivity contribution in [2.75, 3.05) is 47.5 Å². The van der Waals surface area contributed by atoms with Crippen molar-refractivity contribution in [3.63, 3.8) is 0 Å². The lowest BCUT2D eigenvalue weighted by Crippen LogP contribution is -2.37. The Hall–Kier alpha value is -2.33. The minimum atomic E-state index is -4.65. The third-order valence-electron chi connectivity index (χ3n) is 8.09. The lowest BCUT2D eigenvalue weighted by atomic mass is 10.1. The third-order valence-corrected chi connectivity index (χ3v) is 9.05. The van der Waals surface area contributed by atoms with Gasteiger partial charge in [0, 0.05) is 12.8 Å². The van der Waals surface area contributed by atoms with Crippen molar-refractivity contribution in [1.29, 1.82) is 0 Å². The number of hydrogen-bond donors (Lipinski definition) is 1. The summed E-state index contributed by atoms with van der Waals surface area (Å²) in [5.74, 6) is -0.961. The zero-order valence-corrected chi connectivity index (χ0v) is 34.7. The number of unbranched alkanes of at least 4 members (excludes halogenated alkanes) is 11. The van der Waals surface area contributed by atoms with E-state index in [0.29, 0.717) is 36.7 Å². The molecule has 0 aromatic carbocycles. The number of carbonyl (C=O) groups excluding carboxylic acids is 2. The topological polar surface area (TPSA) is 131 Å². The van der Waals surface area contributed by atoms with Crippen LogP contribution in [0.1, 0.15) is 136 Å². The fourth-order valence-electron chi connectivity index (χ4n) is 4.82. The smallest absolute Gasteiger partial charge is 0.306 e. The molecule has 306 valence electrons. The molecule has 0 amide bonds. The summed E-state index contributed by atoms with van der Waals surface area (Å²) in [4.78, 5) is 37.3. The molecule has 1 unspecified atom stereocenters. The van der Waals surface area contributed by atoms with Gasteiger partial charge in [-0.3, -0.25) is 14.2 Å². The van der Waals surface area contributed by atoms with Gasteiger partial charge in [0.2, 0.25) is 0 Å². The molecule has 0 aromatic heterocycles. The van der Waals surface area contributed by atoms with E-state index in [1.807, 2.05) is 57.6 Å². The SMILES string of the molecule is CCCC/C=C\CCCCCCCC(=O)O[C@H](COC(=O)CCC/C=C/C/C=C\C[C@H](O)/C=C\C=C/CCCCC)COP(=O)([O-])OCC[N+](C)(C)C. The van der Waals surface area contributed by atoms with Gasteiger partial charge in [-0.15, -0.1) is 0 Å². The van der Waals surface area contributed by atoms with Crippen LogP contribution in [-0.2, 0) is 32.7 Å². The van der Waals surface area contributed by atoms with Crippen molar-refractivity contribution in [1.82, 2.24) is 0 Å². The maximum atomic E-state index is 12.6. The van der Waals surface area contributed by atoms with E-state index in [1.165, 1.54) is 32.1 Å². The van der Waals surface area contributed by atoms with Crippen molar-refractivity contribution in [2.45, 2.75) is 148 Å². The molecule has 0 rings (SSSR count). The minimum Gasteiger partial charge on any atom is -0.756 e. The van der Waals surface area contributed by atoms with Crippen LogP contribution in [0.3, 0.4) is 0 Å². The Morgan fingerprint density at radius 3 is 2.04 bits per heavy atom. The maximum absolute atomic E-state index is 12.6. The predicted octanol–water partition coefficient (Wildman–Crippen LogP) is 9.24. The maximum Gasteiger partial charge on any atom is 0.306 e. The molecule has 0 aromatic rings. The van der Waals surface area contributed by atoms with Gasteiger partial charge in [-0.05, 0) is 64.2 Å². The lowest BCUT2D eigenvalue weighted by molar-refractivity contribution is -0.870. The molecule has 0 saturated heterocycles. The molecule has 0 aliphatic rings. The number of quaternary nitrogens is 1. The van der Waals surface area contributed by atoms with E-state index < -0.39 is 38.6 Å². The zero-order chi connectivity index (χ0) is 39.5. The lowest BCUT2D eigenvalue weighted by Gasteiger charge is -2.28. The molecule has 10 nitrogen and oxygen atoms in total. The minimum absolute atomic E-state index is 0.0539. The highest BCUT2D eigenvalue weighted by molar-refractivity contribution is 7.45. The summed E-state index contributed by atoms with van der Waals surface area (Å²) in [6, 6.07) is 0. The van der Waals surface area contributed by atoms with Crippen LogP contribution in [0.2, 0.25) is 0 Å². The molecule has 0 saturated carbocycles. The number of aliphatic hydroxyl groups is 1. The van der Waals surface area contributed by atoms with E-state index in [2.05, 4.69) is 32.1 Å². The second-order valence-electron chi connectivity index (χ2n) is 14.5. The van der Waals surface area contributed by atoms with Crippen LogP contribution in [-0.4, -0.2) is 81.2 Å². The zero-order valence-electron chi connectivity index (χ0n) is 33.8. The average molecular weight is 768 g/mol. The summed E-state index contributed by atoms with van der Waals surface area (Å²) in [7, 11) is 1.08. The highest BCUT2D eigenvalue weighted by atomic mass is 31.2. The number of nitrogens with zero attached hydrogens (tertiary/aromatic N) is 1. The quantitative estimate of drug-likeness (QED) is 0.0167. The normalized spacial score (nSPS) is 14.9. The summed E-state index contributed by atoms with van der Waals surface area (Å²) >= 11 is 0. The highest BCUT2D eigenvalue weighted by Crippen LogP contribution is 2.38. The first-order valence-electron chi connectivity index (χ1n) is 20.1. The molecule has 53 heavy (non-hydrogen) atoms. The average Bonchev–Trinajstić information content (AvgIpc) is 3.10. The first-order chi connectivity index (χ1) is 25.4. The molecule has 0 heterocycles. The van der Waals surface area contributed by atoms with Gasteiger partial charge in [-0.2, -0.15) is 0 Å². The van der Waals surface area contributed by atoms with Crippen LogP contribution in [0.25, 0.3) is 0 Å². The number of phosphoric acid groups is 1. The van der Waals surface area contributed by atoms with E-state index in [4.69, 9.17) is 18.5 Å². The first kappa shape index (κ1) is 50.7. The van der Waals surface area contributed by atoms with Gasteiger partial charge < -0.3 is 33.0 Å². The van der Waals surface area contributed by atoms with Crippen LogP contribution < -0.4 is 4.89 Å². The molecule has 11 heteroatoms. The van der Waals surface area contributed by atoms with Crippen LogP contribution in [0.4, 0.5) is 0 Å². The Labute approximate surface area is 322 Å². The van der Waals surface area contributed by atoms with E-state index in [0.717, 1.165) is 51.4 Å². The summed E-state index contributed by atoms with van der Waals surface area (Å²) in [5.41, 5.74) is 0. The van der Waals surface area contributed by atoms with Gasteiger partial charge in [0.15, 0.2) is 6.10 Å². The van der Waals surface area contributed by atoms with Gasteiger partial charge in [0.25, 0.3) is 7.82 Å². The number of hydrogen-bond acceptors (Lipinski definition) is 9. The summed E-state index contributed by atoms with van der Waals surface area (Å²) in [6.45, 7) is 3.96. The highest BCUT2D eigenvalue weighted by Gasteiger charge is 2.21. The van der Waals surface area contributed by atoms with E-state index in [-0.39, 0.29) is 26.1 Å². The molecule has 0 fully saturated rings. The van der Waals surface area contributed by atoms with Crippen LogP contribution >= 0.6 is 7.82 Å². The number of carbonyl (C=O) groups is 2. The fraction of sp³-hybridized carbons (Fsp3) is 0.714. The van der Waals surface area contributed by atoms with Crippen LogP contribution in [0.15, 0.2) is 60.8 Å². The standard InChI is InChI=1S/C42H74NO9P/c1-6-8-10-12-14-15-16-17-21-26-30-34-42(46)52-40(38-51-53(47,48)50-36-35-43(3,4)5)37-49-41(45)33-29-25-22-18-20-24-28-32-39(44)31-27-23-19-13-11-9-7-2/h12,14,18-19,22-24,27-28,31,39-40,44H,6-11,13,15-17,20-21,25-26,29-30,32-38H2,1-5H3/b14-12-,22-18+,23-19-,28-24-,31-27-/t39-,40-/m1/s1. The third kappa shape index (κ3) is 37.8. The van der Waals surface area contributed by atoms with Crippen molar-refractivity contribution < 1.29 is 47.2 Å². The van der Waals surface area contributed by atoms with Gasteiger partial charge >= 0.3 is 11.9 Å². The van der Waals surface area contributed by atoms with Gasteiger partial charge in [0.1, 0.15) is 19.8 Å². The summed E-state index contributed by atoms with van der Waals surface area (Å²) < 4.78 is 33.6. The van der Waals surface area contributed by atoms with Gasteiger partial charge in [-0.1, -0.05) is 120 Å². The Balaban J connectivity index is 4.57. The molecule has 0 radical (unpaired) electrons. The second kappa shape index (κ2) is 34.2. The van der Waals surface area contributed by atoms with Gasteiger partial charge in [-0.25, -0.2) is 0 Å². The summed E-state index contributed by atoms with van der Waals surface area (Å²) in [5, 5.41) is 10.1. The van der Waals surface area contributed by atoms with E-state index in [1.54, 1.807) is 6.08 Å². The Kier molecular flexibility index (Phi) is 32.7. The largest absolute Gasteiger partial charge is 0.756 e. The number of phosphoric ester groups is 1. The monoisotopic (exact) mass is 768 g/mol. The fourth-order valence-corrected chi connectivity index (χ4v) is 5.55. The molecule has 0 bridgehead atoms. The number of likely N-dealkylation sites (N-methyl/N-ethyl adjacent to an activating group) is 1. The number of ether oxygens (including phenoxy) is 2. The Morgan fingerprint density at radius 2 is 1.30 bits per heavy atom. The Bertz CT molecular complexity index is 1110. The van der Waals surface area contributed by atoms with Crippen LogP contribution in [0, 0.1) is 0 Å². The predicted molar refractivity (Wildman–Crippen MR) is 214 cm³/mol. The van der Waals surface area contributed by atoms with E-state index in [9.17, 15) is 24.2 Å². The van der Waals surface area contributed by atoms with Crippen molar-refractivity contribution in [3.8, 4) is 0 Å². The molecule has 0 spiro atoms. The van der Waals surface area contributed by atoms with Gasteiger partial charge in [0.05, 0.1) is 33.9 Å². The van der Waals surface area contributed by atoms with Crippen molar-refractivity contribution >= 4 is 19.8 Å². The first-order valence-corrected chi connectivity index (χ1v) is 21.6.